The van der Waals surface area contributed by atoms with Gasteiger partial charge in [-0.15, -0.1) is 11.3 Å². The van der Waals surface area contributed by atoms with Gasteiger partial charge in [0.25, 0.3) is 0 Å². The van der Waals surface area contributed by atoms with E-state index in [1.54, 1.807) is 11.3 Å². The second-order valence-corrected chi connectivity index (χ2v) is 5.50. The predicted molar refractivity (Wildman–Crippen MR) is 63.2 cm³/mol. The summed E-state index contributed by atoms with van der Waals surface area (Å²) in [4.78, 5) is 5.81. The van der Waals surface area contributed by atoms with Gasteiger partial charge in [-0.1, -0.05) is 19.3 Å². The van der Waals surface area contributed by atoms with Crippen LogP contribution in [0.2, 0.25) is 0 Å². The highest BCUT2D eigenvalue weighted by molar-refractivity contribution is 7.11. The van der Waals surface area contributed by atoms with Crippen LogP contribution in [0.1, 0.15) is 48.9 Å². The molecule has 0 unspecified atom stereocenters. The summed E-state index contributed by atoms with van der Waals surface area (Å²) >= 11 is 1.80. The minimum Gasteiger partial charge on any atom is -0.368 e. The van der Waals surface area contributed by atoms with Gasteiger partial charge in [-0.2, -0.15) is 0 Å². The second-order valence-electron chi connectivity index (χ2n) is 4.26. The van der Waals surface area contributed by atoms with Crippen molar-refractivity contribution in [2.75, 3.05) is 6.61 Å². The average molecular weight is 225 g/mol. The summed E-state index contributed by atoms with van der Waals surface area (Å²) in [6, 6.07) is 0. The molecule has 1 aromatic rings. The van der Waals surface area contributed by atoms with Crippen molar-refractivity contribution in [1.82, 2.24) is 4.98 Å². The first-order valence-corrected chi connectivity index (χ1v) is 6.65. The molecular weight excluding hydrogens is 206 g/mol. The van der Waals surface area contributed by atoms with Crippen LogP contribution in [0.15, 0.2) is 6.20 Å². The fraction of sp³-hybridized carbons (Fsp3) is 0.750. The lowest BCUT2D eigenvalue weighted by Crippen LogP contribution is -2.32. The molecular formula is C12H19NOS. The van der Waals surface area contributed by atoms with Crippen LogP contribution in [0.4, 0.5) is 0 Å². The van der Waals surface area contributed by atoms with E-state index in [-0.39, 0.29) is 5.60 Å². The SMILES string of the molecule is CCOC1(c2ncc(C)s2)CCCCC1. The summed E-state index contributed by atoms with van der Waals surface area (Å²) in [7, 11) is 0. The van der Waals surface area contributed by atoms with Crippen LogP contribution in [0.3, 0.4) is 0 Å². The Balaban J connectivity index is 2.24. The Morgan fingerprint density at radius 1 is 1.40 bits per heavy atom. The topological polar surface area (TPSA) is 22.1 Å². The second kappa shape index (κ2) is 4.62. The monoisotopic (exact) mass is 225 g/mol. The lowest BCUT2D eigenvalue weighted by molar-refractivity contribution is -0.0704. The number of ether oxygens (including phenoxy) is 1. The highest BCUT2D eigenvalue weighted by Crippen LogP contribution is 2.41. The maximum atomic E-state index is 6.02. The summed E-state index contributed by atoms with van der Waals surface area (Å²) in [5, 5.41) is 1.20. The van der Waals surface area contributed by atoms with E-state index in [9.17, 15) is 0 Å². The molecule has 3 heteroatoms. The number of nitrogens with zero attached hydrogens (tertiary/aromatic N) is 1. The van der Waals surface area contributed by atoms with Crippen LogP contribution in [-0.4, -0.2) is 11.6 Å². The highest BCUT2D eigenvalue weighted by Gasteiger charge is 2.37. The molecule has 1 aliphatic carbocycles. The van der Waals surface area contributed by atoms with E-state index in [0.29, 0.717) is 0 Å². The Labute approximate surface area is 95.7 Å². The predicted octanol–water partition coefficient (Wildman–Crippen LogP) is 3.65. The average Bonchev–Trinajstić information content (AvgIpc) is 2.67. The standard InChI is InChI=1S/C12H19NOS/c1-3-14-12(7-5-4-6-8-12)11-13-9-10(2)15-11/h9H,3-8H2,1-2H3. The minimum absolute atomic E-state index is 0.0497. The lowest BCUT2D eigenvalue weighted by atomic mass is 9.85. The summed E-state index contributed by atoms with van der Waals surface area (Å²) in [6.07, 6.45) is 8.16. The molecule has 0 aliphatic heterocycles. The molecule has 1 fully saturated rings. The first-order valence-electron chi connectivity index (χ1n) is 5.84. The molecule has 0 radical (unpaired) electrons. The molecule has 0 bridgehead atoms. The van der Waals surface area contributed by atoms with Crippen LogP contribution in [0, 0.1) is 6.92 Å². The molecule has 1 heterocycles. The fourth-order valence-corrected chi connectivity index (χ4v) is 3.35. The van der Waals surface area contributed by atoms with E-state index in [0.717, 1.165) is 19.4 Å². The van der Waals surface area contributed by atoms with Crippen molar-refractivity contribution in [2.24, 2.45) is 0 Å². The maximum Gasteiger partial charge on any atom is 0.125 e. The van der Waals surface area contributed by atoms with E-state index in [1.807, 2.05) is 6.20 Å². The van der Waals surface area contributed by atoms with Gasteiger partial charge < -0.3 is 4.74 Å². The highest BCUT2D eigenvalue weighted by atomic mass is 32.1. The van der Waals surface area contributed by atoms with Gasteiger partial charge in [0.05, 0.1) is 0 Å². The molecule has 15 heavy (non-hydrogen) atoms. The fourth-order valence-electron chi connectivity index (χ4n) is 2.38. The third-order valence-electron chi connectivity index (χ3n) is 3.09. The molecule has 2 rings (SSSR count). The van der Waals surface area contributed by atoms with Crippen molar-refractivity contribution in [3.63, 3.8) is 0 Å². The van der Waals surface area contributed by atoms with Crippen molar-refractivity contribution < 1.29 is 4.74 Å². The number of aryl methyl sites for hydroxylation is 1. The molecule has 0 atom stereocenters. The third-order valence-corrected chi connectivity index (χ3v) is 4.19. The van der Waals surface area contributed by atoms with Crippen LogP contribution in [0.25, 0.3) is 0 Å². The maximum absolute atomic E-state index is 6.02. The first kappa shape index (κ1) is 11.1. The quantitative estimate of drug-likeness (QED) is 0.783. The third kappa shape index (κ3) is 2.23. The number of hydrogen-bond acceptors (Lipinski definition) is 3. The van der Waals surface area contributed by atoms with E-state index in [4.69, 9.17) is 4.74 Å². The van der Waals surface area contributed by atoms with Crippen LogP contribution in [-0.2, 0) is 10.3 Å². The number of thiazole rings is 1. The van der Waals surface area contributed by atoms with Crippen molar-refractivity contribution >= 4 is 11.3 Å². The van der Waals surface area contributed by atoms with Crippen molar-refractivity contribution in [3.05, 3.63) is 16.1 Å². The van der Waals surface area contributed by atoms with Gasteiger partial charge in [0.2, 0.25) is 0 Å². The van der Waals surface area contributed by atoms with E-state index < -0.39 is 0 Å². The first-order chi connectivity index (χ1) is 7.27. The van der Waals surface area contributed by atoms with Gasteiger partial charge in [-0.3, -0.25) is 0 Å². The zero-order valence-corrected chi connectivity index (χ0v) is 10.4. The number of rotatable bonds is 3. The molecule has 1 saturated carbocycles. The molecule has 1 aromatic heterocycles. The van der Waals surface area contributed by atoms with Gasteiger partial charge in [0.1, 0.15) is 10.6 Å². The Morgan fingerprint density at radius 3 is 2.67 bits per heavy atom. The molecule has 0 aromatic carbocycles. The summed E-state index contributed by atoms with van der Waals surface area (Å²) in [5.41, 5.74) is -0.0497. The Morgan fingerprint density at radius 2 is 2.13 bits per heavy atom. The normalized spacial score (nSPS) is 20.4. The largest absolute Gasteiger partial charge is 0.368 e. The van der Waals surface area contributed by atoms with E-state index >= 15 is 0 Å². The smallest absolute Gasteiger partial charge is 0.125 e. The zero-order chi connectivity index (χ0) is 10.7. The summed E-state index contributed by atoms with van der Waals surface area (Å²) < 4.78 is 6.02. The van der Waals surface area contributed by atoms with Crippen molar-refractivity contribution in [2.45, 2.75) is 51.6 Å². The lowest BCUT2D eigenvalue weighted by Gasteiger charge is -2.35. The minimum atomic E-state index is -0.0497. The zero-order valence-electron chi connectivity index (χ0n) is 9.58. The molecule has 2 nitrogen and oxygen atoms in total. The van der Waals surface area contributed by atoms with Crippen molar-refractivity contribution in [1.29, 1.82) is 0 Å². The van der Waals surface area contributed by atoms with Crippen molar-refractivity contribution in [3.8, 4) is 0 Å². The van der Waals surface area contributed by atoms with Gasteiger partial charge >= 0.3 is 0 Å². The van der Waals surface area contributed by atoms with Gasteiger partial charge in [-0.25, -0.2) is 4.98 Å². The molecule has 0 spiro atoms. The Bertz CT molecular complexity index is 310. The van der Waals surface area contributed by atoms with E-state index in [2.05, 4.69) is 18.8 Å². The van der Waals surface area contributed by atoms with Gasteiger partial charge in [-0.05, 0) is 26.7 Å². The molecule has 1 aliphatic rings. The van der Waals surface area contributed by atoms with Crippen LogP contribution < -0.4 is 0 Å². The van der Waals surface area contributed by atoms with Gasteiger partial charge in [0, 0.05) is 17.7 Å². The van der Waals surface area contributed by atoms with E-state index in [1.165, 1.54) is 29.1 Å². The summed E-state index contributed by atoms with van der Waals surface area (Å²) in [5.74, 6) is 0. The Hall–Kier alpha value is -0.410. The van der Waals surface area contributed by atoms with Crippen LogP contribution >= 0.6 is 11.3 Å². The molecule has 0 N–H and O–H groups in total. The number of aromatic nitrogens is 1. The summed E-state index contributed by atoms with van der Waals surface area (Å²) in [6.45, 7) is 4.99. The van der Waals surface area contributed by atoms with Crippen LogP contribution in [0.5, 0.6) is 0 Å². The van der Waals surface area contributed by atoms with Gasteiger partial charge in [0.15, 0.2) is 0 Å². The molecule has 0 amide bonds. The number of hydrogen-bond donors (Lipinski definition) is 0. The molecule has 0 saturated heterocycles. The molecule has 84 valence electrons. The Kier molecular flexibility index (Phi) is 3.42.